The maximum Gasteiger partial charge on any atom is 0.0913 e. The summed E-state index contributed by atoms with van der Waals surface area (Å²) in [5.41, 5.74) is 6.66. The van der Waals surface area contributed by atoms with E-state index in [0.717, 1.165) is 29.2 Å². The summed E-state index contributed by atoms with van der Waals surface area (Å²) in [5.74, 6) is 0. The second-order valence-electron chi connectivity index (χ2n) is 5.79. The Balaban J connectivity index is 2.04. The third-order valence-electron chi connectivity index (χ3n) is 3.82. The maximum atomic E-state index is 4.45. The Bertz CT molecular complexity index is 642. The van der Waals surface area contributed by atoms with E-state index in [2.05, 4.69) is 56.4 Å². The van der Waals surface area contributed by atoms with Crippen molar-refractivity contribution in [2.24, 2.45) is 10.2 Å². The molecule has 3 rings (SSSR count). The average molecular weight is 280 g/mol. The summed E-state index contributed by atoms with van der Waals surface area (Å²) in [6.07, 6.45) is 0.874. The van der Waals surface area contributed by atoms with Gasteiger partial charge in [-0.2, -0.15) is 10.2 Å². The van der Waals surface area contributed by atoms with Gasteiger partial charge >= 0.3 is 0 Å². The lowest BCUT2D eigenvalue weighted by molar-refractivity contribution is 1.12. The van der Waals surface area contributed by atoms with Gasteiger partial charge in [0.05, 0.1) is 11.4 Å². The molecule has 0 amide bonds. The van der Waals surface area contributed by atoms with Gasteiger partial charge in [-0.3, -0.25) is 0 Å². The zero-order chi connectivity index (χ0) is 15.0. The van der Waals surface area contributed by atoms with Gasteiger partial charge in [-0.1, -0.05) is 12.1 Å². The van der Waals surface area contributed by atoms with Gasteiger partial charge in [-0.25, -0.2) is 0 Å². The van der Waals surface area contributed by atoms with E-state index in [9.17, 15) is 0 Å². The van der Waals surface area contributed by atoms with E-state index >= 15 is 0 Å². The molecule has 0 aliphatic carbocycles. The van der Waals surface area contributed by atoms with E-state index < -0.39 is 0 Å². The molecule has 0 N–H and O–H groups in total. The lowest BCUT2D eigenvalue weighted by atomic mass is 10.0. The molecule has 0 atom stereocenters. The van der Waals surface area contributed by atoms with Crippen molar-refractivity contribution in [2.45, 2.75) is 6.42 Å². The lowest BCUT2D eigenvalue weighted by Gasteiger charge is -2.14. The van der Waals surface area contributed by atoms with Gasteiger partial charge in [0.15, 0.2) is 0 Å². The summed E-state index contributed by atoms with van der Waals surface area (Å²) in [6, 6.07) is 12.8. The number of hydrogen-bond acceptors (Lipinski definition) is 4. The zero-order valence-electron chi connectivity index (χ0n) is 13.0. The van der Waals surface area contributed by atoms with E-state index in [1.54, 1.807) is 0 Å². The molecule has 1 aliphatic rings. The minimum atomic E-state index is 0.874. The Hall–Kier alpha value is -2.36. The molecule has 0 radical (unpaired) electrons. The van der Waals surface area contributed by atoms with Crippen molar-refractivity contribution < 1.29 is 0 Å². The standard InChI is InChI=1S/C17H20N4/c1-20(2)14-7-5-12-9-13-6-8-15(21(3)4)11-17(13)19-18-16(12)10-14/h5-8,10-11H,9H2,1-4H3. The van der Waals surface area contributed by atoms with Gasteiger partial charge < -0.3 is 9.80 Å². The molecule has 21 heavy (non-hydrogen) atoms. The highest BCUT2D eigenvalue weighted by atomic mass is 15.1. The van der Waals surface area contributed by atoms with Crippen molar-refractivity contribution in [1.82, 2.24) is 0 Å². The van der Waals surface area contributed by atoms with E-state index in [-0.39, 0.29) is 0 Å². The molecule has 0 aromatic heterocycles. The molecule has 1 heterocycles. The van der Waals surface area contributed by atoms with Crippen molar-refractivity contribution in [3.05, 3.63) is 47.5 Å². The molecule has 0 bridgehead atoms. The molecule has 108 valence electrons. The van der Waals surface area contributed by atoms with Crippen LogP contribution in [0.5, 0.6) is 0 Å². The Labute approximate surface area is 125 Å². The van der Waals surface area contributed by atoms with Crippen molar-refractivity contribution in [2.75, 3.05) is 38.0 Å². The molecule has 0 unspecified atom stereocenters. The third kappa shape index (κ3) is 2.61. The predicted octanol–water partition coefficient (Wildman–Crippen LogP) is 4.14. The van der Waals surface area contributed by atoms with Crippen LogP contribution in [0.15, 0.2) is 46.6 Å². The molecule has 0 spiro atoms. The Morgan fingerprint density at radius 3 is 1.52 bits per heavy atom. The molecular formula is C17H20N4. The van der Waals surface area contributed by atoms with Gasteiger partial charge in [-0.15, -0.1) is 0 Å². The first-order valence-electron chi connectivity index (χ1n) is 7.07. The fraction of sp³-hybridized carbons (Fsp3) is 0.294. The Morgan fingerprint density at radius 2 is 1.14 bits per heavy atom. The molecule has 0 fully saturated rings. The van der Waals surface area contributed by atoms with Crippen LogP contribution in [0.25, 0.3) is 0 Å². The quantitative estimate of drug-likeness (QED) is 0.706. The fourth-order valence-corrected chi connectivity index (χ4v) is 2.46. The summed E-state index contributed by atoms with van der Waals surface area (Å²) in [5, 5.41) is 8.90. The number of benzene rings is 2. The van der Waals surface area contributed by atoms with E-state index in [4.69, 9.17) is 0 Å². The highest BCUT2D eigenvalue weighted by molar-refractivity contribution is 5.65. The van der Waals surface area contributed by atoms with Gasteiger partial charge in [-0.05, 0) is 35.4 Å². The minimum absolute atomic E-state index is 0.874. The van der Waals surface area contributed by atoms with Crippen LogP contribution in [-0.4, -0.2) is 28.2 Å². The number of nitrogens with zero attached hydrogens (tertiary/aromatic N) is 4. The maximum absolute atomic E-state index is 4.45. The van der Waals surface area contributed by atoms with Crippen LogP contribution < -0.4 is 9.80 Å². The number of fused-ring (bicyclic) bond motifs is 2. The SMILES string of the molecule is CN(C)c1ccc2c(c1)N=Nc1cc(N(C)C)ccc1C2. The van der Waals surface area contributed by atoms with Crippen LogP contribution in [0.2, 0.25) is 0 Å². The van der Waals surface area contributed by atoms with Gasteiger partial charge in [0.25, 0.3) is 0 Å². The second kappa shape index (κ2) is 5.20. The van der Waals surface area contributed by atoms with E-state index in [0.29, 0.717) is 0 Å². The number of hydrogen-bond donors (Lipinski definition) is 0. The molecule has 4 nitrogen and oxygen atoms in total. The van der Waals surface area contributed by atoms with Crippen molar-refractivity contribution in [3.8, 4) is 0 Å². The minimum Gasteiger partial charge on any atom is -0.378 e. The monoisotopic (exact) mass is 280 g/mol. The average Bonchev–Trinajstić information content (AvgIpc) is 2.64. The summed E-state index contributed by atoms with van der Waals surface area (Å²) in [6.45, 7) is 0. The topological polar surface area (TPSA) is 31.2 Å². The summed E-state index contributed by atoms with van der Waals surface area (Å²) in [4.78, 5) is 4.16. The highest BCUT2D eigenvalue weighted by Gasteiger charge is 2.13. The first-order valence-corrected chi connectivity index (χ1v) is 7.07. The first-order chi connectivity index (χ1) is 10.0. The van der Waals surface area contributed by atoms with Crippen molar-refractivity contribution in [1.29, 1.82) is 0 Å². The van der Waals surface area contributed by atoms with Crippen LogP contribution in [0.3, 0.4) is 0 Å². The number of rotatable bonds is 2. The Morgan fingerprint density at radius 1 is 0.714 bits per heavy atom. The largest absolute Gasteiger partial charge is 0.378 e. The van der Waals surface area contributed by atoms with Crippen LogP contribution >= 0.6 is 0 Å². The summed E-state index contributed by atoms with van der Waals surface area (Å²) < 4.78 is 0. The second-order valence-corrected chi connectivity index (χ2v) is 5.79. The zero-order valence-corrected chi connectivity index (χ0v) is 13.0. The molecular weight excluding hydrogens is 260 g/mol. The number of anilines is 2. The van der Waals surface area contributed by atoms with Crippen LogP contribution in [0.4, 0.5) is 22.7 Å². The molecule has 1 aliphatic heterocycles. The molecule has 0 saturated heterocycles. The summed E-state index contributed by atoms with van der Waals surface area (Å²) >= 11 is 0. The van der Waals surface area contributed by atoms with Gasteiger partial charge in [0.2, 0.25) is 0 Å². The third-order valence-corrected chi connectivity index (χ3v) is 3.82. The predicted molar refractivity (Wildman–Crippen MR) is 88.5 cm³/mol. The lowest BCUT2D eigenvalue weighted by Crippen LogP contribution is -2.08. The first kappa shape index (κ1) is 13.6. The van der Waals surface area contributed by atoms with Crippen LogP contribution in [0, 0.1) is 0 Å². The van der Waals surface area contributed by atoms with Crippen molar-refractivity contribution in [3.63, 3.8) is 0 Å². The van der Waals surface area contributed by atoms with E-state index in [1.165, 1.54) is 11.1 Å². The molecule has 2 aromatic carbocycles. The highest BCUT2D eigenvalue weighted by Crippen LogP contribution is 2.36. The smallest absolute Gasteiger partial charge is 0.0913 e. The molecule has 0 saturated carbocycles. The number of azo groups is 1. The summed E-state index contributed by atoms with van der Waals surface area (Å²) in [7, 11) is 8.14. The molecule has 2 aromatic rings. The Kier molecular flexibility index (Phi) is 3.37. The van der Waals surface area contributed by atoms with Crippen LogP contribution in [-0.2, 0) is 6.42 Å². The fourth-order valence-electron chi connectivity index (χ4n) is 2.46. The van der Waals surface area contributed by atoms with Gasteiger partial charge in [0.1, 0.15) is 0 Å². The van der Waals surface area contributed by atoms with Gasteiger partial charge in [0, 0.05) is 46.0 Å². The van der Waals surface area contributed by atoms with Crippen molar-refractivity contribution >= 4 is 22.7 Å². The normalized spacial score (nSPS) is 12.4. The van der Waals surface area contributed by atoms with Crippen LogP contribution in [0.1, 0.15) is 11.1 Å². The molecule has 4 heteroatoms. The van der Waals surface area contributed by atoms with E-state index in [1.807, 2.05) is 28.2 Å².